The molecule has 0 aliphatic carbocycles. The number of hydrogen-bond donors (Lipinski definition) is 3. The Kier molecular flexibility index (Phi) is 8.03. The zero-order valence-corrected chi connectivity index (χ0v) is 23.7. The summed E-state index contributed by atoms with van der Waals surface area (Å²) in [7, 11) is 1.49. The fourth-order valence-corrected chi connectivity index (χ4v) is 5.18. The van der Waals surface area contributed by atoms with Crippen LogP contribution in [0.1, 0.15) is 41.1 Å². The number of fused-ring (bicyclic) bond motifs is 10. The maximum absolute atomic E-state index is 14.1. The first-order valence-corrected chi connectivity index (χ1v) is 13.5. The van der Waals surface area contributed by atoms with Crippen LogP contribution in [-0.2, 0) is 16.1 Å². The number of halogens is 3. The van der Waals surface area contributed by atoms with Gasteiger partial charge in [0.15, 0.2) is 0 Å². The van der Waals surface area contributed by atoms with E-state index in [1.807, 2.05) is 38.1 Å². The minimum Gasteiger partial charge on any atom is -0.449 e. The molecular weight excluding hydrogens is 563 g/mol. The first-order chi connectivity index (χ1) is 20.4. The van der Waals surface area contributed by atoms with Crippen molar-refractivity contribution in [3.05, 3.63) is 89.1 Å². The van der Waals surface area contributed by atoms with Crippen LogP contribution in [0.2, 0.25) is 0 Å². The van der Waals surface area contributed by atoms with Gasteiger partial charge in [-0.25, -0.2) is 9.78 Å². The molecule has 1 aromatic heterocycles. The van der Waals surface area contributed by atoms with Gasteiger partial charge in [-0.15, -0.1) is 13.2 Å². The van der Waals surface area contributed by atoms with E-state index < -0.39 is 30.2 Å². The van der Waals surface area contributed by atoms with E-state index in [0.29, 0.717) is 17.1 Å². The minimum atomic E-state index is -4.96. The molecule has 3 heterocycles. The Morgan fingerprint density at radius 1 is 1.09 bits per heavy atom. The van der Waals surface area contributed by atoms with Gasteiger partial charge >= 0.3 is 12.5 Å². The predicted molar refractivity (Wildman–Crippen MR) is 157 cm³/mol. The average Bonchev–Trinajstić information content (AvgIpc) is 2.94. The molecule has 3 aromatic carbocycles. The molecule has 2 aliphatic heterocycles. The summed E-state index contributed by atoms with van der Waals surface area (Å²) in [6.07, 6.45) is -4.13. The molecule has 6 rings (SSSR count). The number of rotatable bonds is 3. The molecule has 0 radical (unpaired) electrons. The zero-order chi connectivity index (χ0) is 30.9. The number of aryl methyl sites for hydroxylation is 1. The van der Waals surface area contributed by atoms with Crippen LogP contribution in [0, 0.1) is 6.92 Å². The van der Waals surface area contributed by atoms with E-state index in [1.165, 1.54) is 24.1 Å². The maximum Gasteiger partial charge on any atom is 0.573 e. The van der Waals surface area contributed by atoms with Crippen LogP contribution in [0.4, 0.5) is 35.2 Å². The lowest BCUT2D eigenvalue weighted by atomic mass is 9.93. The number of pyridine rings is 1. The Balaban J connectivity index is 1.57. The molecule has 2 atom stereocenters. The summed E-state index contributed by atoms with van der Waals surface area (Å²) >= 11 is 0. The van der Waals surface area contributed by atoms with Crippen molar-refractivity contribution in [1.82, 2.24) is 9.88 Å². The number of aromatic nitrogens is 1. The summed E-state index contributed by atoms with van der Waals surface area (Å²) in [6, 6.07) is 15.6. The third kappa shape index (κ3) is 6.74. The van der Waals surface area contributed by atoms with Crippen molar-refractivity contribution in [2.24, 2.45) is 0 Å². The summed E-state index contributed by atoms with van der Waals surface area (Å²) in [5, 5.41) is 7.43. The highest BCUT2D eigenvalue weighted by atomic mass is 19.4. The second-order valence-electron chi connectivity index (χ2n) is 10.5. The van der Waals surface area contributed by atoms with Gasteiger partial charge in [0.25, 0.3) is 0 Å². The van der Waals surface area contributed by atoms with E-state index in [4.69, 9.17) is 10.5 Å². The molecule has 0 unspecified atom stereocenters. The monoisotopic (exact) mass is 593 g/mol. The summed E-state index contributed by atoms with van der Waals surface area (Å²) in [6.45, 7) is 3.62. The molecule has 4 aromatic rings. The fourth-order valence-electron chi connectivity index (χ4n) is 5.18. The molecule has 4 bridgehead atoms. The number of nitrogens with one attached hydrogen (secondary N) is 2. The number of nitrogens with zero attached hydrogens (tertiary/aromatic N) is 2. The third-order valence-electron chi connectivity index (χ3n) is 7.29. The van der Waals surface area contributed by atoms with E-state index in [9.17, 15) is 22.8 Å². The number of nitrogen functional groups attached to an aromatic ring is 1. The molecule has 12 heteroatoms. The van der Waals surface area contributed by atoms with Crippen LogP contribution in [0.5, 0.6) is 5.75 Å². The fraction of sp³-hybridized carbons (Fsp3) is 0.258. The van der Waals surface area contributed by atoms with E-state index in [-0.39, 0.29) is 30.3 Å². The van der Waals surface area contributed by atoms with Gasteiger partial charge in [0.1, 0.15) is 17.6 Å². The molecule has 0 saturated carbocycles. The van der Waals surface area contributed by atoms with Crippen molar-refractivity contribution in [2.45, 2.75) is 38.7 Å². The van der Waals surface area contributed by atoms with Crippen molar-refractivity contribution in [3.63, 3.8) is 0 Å². The maximum atomic E-state index is 14.1. The number of carbonyl (C=O) groups is 2. The van der Waals surface area contributed by atoms with Crippen molar-refractivity contribution in [1.29, 1.82) is 0 Å². The first kappa shape index (κ1) is 29.5. The first-order valence-electron chi connectivity index (χ1n) is 13.5. The Labute approximate surface area is 245 Å². The van der Waals surface area contributed by atoms with Crippen LogP contribution in [0.3, 0.4) is 0 Å². The molecule has 0 spiro atoms. The van der Waals surface area contributed by atoms with Crippen molar-refractivity contribution in [3.8, 4) is 5.75 Å². The molecule has 0 saturated heterocycles. The number of hydrogen-bond acceptors (Lipinski definition) is 7. The van der Waals surface area contributed by atoms with Gasteiger partial charge < -0.3 is 25.4 Å². The van der Waals surface area contributed by atoms with Crippen molar-refractivity contribution >= 4 is 40.0 Å². The van der Waals surface area contributed by atoms with Gasteiger partial charge in [0, 0.05) is 48.0 Å². The van der Waals surface area contributed by atoms with Gasteiger partial charge in [-0.1, -0.05) is 25.1 Å². The summed E-state index contributed by atoms with van der Waals surface area (Å²) in [4.78, 5) is 32.0. The number of amides is 2. The smallest absolute Gasteiger partial charge is 0.449 e. The van der Waals surface area contributed by atoms with Crippen LogP contribution >= 0.6 is 0 Å². The number of nitrogens with two attached hydrogens (primary N) is 1. The summed E-state index contributed by atoms with van der Waals surface area (Å²) < 4.78 is 49.3. The Morgan fingerprint density at radius 3 is 2.63 bits per heavy atom. The summed E-state index contributed by atoms with van der Waals surface area (Å²) in [5.74, 6) is -0.692. The molecule has 0 fully saturated rings. The number of anilines is 3. The second kappa shape index (κ2) is 11.7. The standard InChI is InChI=1S/C31H30F3N5O4/c1-17-12-20-4-7-24(17)18(2)16-42-30(41)38-23-6-9-26(43-31(32,33)34)21(14-23)15-39(3)29(40)27(20)37-22-5-8-25-19(13-22)10-11-36-28(25)35/h4-14,18,27,37H,15-16H2,1-3H3,(H2,35,36)(H,38,41)/t18-,27+/m0/s1. The van der Waals surface area contributed by atoms with Crippen molar-refractivity contribution in [2.75, 3.05) is 30.0 Å². The number of carbonyl (C=O) groups excluding carboxylic acids is 2. The normalized spacial score (nSPS) is 17.9. The topological polar surface area (TPSA) is 119 Å². The Hall–Kier alpha value is -5.00. The number of alkyl halides is 3. The SMILES string of the molecule is Cc1cc2ccc1[C@@H](C)COC(=O)Nc1ccc(OC(F)(F)F)c(c1)CN(C)C(=O)[C@@H]2Nc1ccc2c(N)nccc2c1. The van der Waals surface area contributed by atoms with Crippen LogP contribution < -0.4 is 21.1 Å². The molecule has 4 N–H and O–H groups in total. The van der Waals surface area contributed by atoms with E-state index >= 15 is 0 Å². The van der Waals surface area contributed by atoms with E-state index in [0.717, 1.165) is 28.0 Å². The molecule has 224 valence electrons. The number of ether oxygens (including phenoxy) is 2. The van der Waals surface area contributed by atoms with Gasteiger partial charge in [0.2, 0.25) is 5.91 Å². The van der Waals surface area contributed by atoms with Crippen LogP contribution in [0.25, 0.3) is 10.8 Å². The van der Waals surface area contributed by atoms with Gasteiger partial charge in [-0.05, 0) is 71.5 Å². The lowest BCUT2D eigenvalue weighted by molar-refractivity contribution is -0.275. The second-order valence-corrected chi connectivity index (χ2v) is 10.5. The highest BCUT2D eigenvalue weighted by Gasteiger charge is 2.33. The van der Waals surface area contributed by atoms with Gasteiger partial charge in [-0.2, -0.15) is 0 Å². The highest BCUT2D eigenvalue weighted by molar-refractivity contribution is 5.94. The summed E-state index contributed by atoms with van der Waals surface area (Å²) in [5.41, 5.74) is 9.32. The quantitative estimate of drug-likeness (QED) is 0.248. The van der Waals surface area contributed by atoms with E-state index in [1.54, 1.807) is 24.4 Å². The average molecular weight is 594 g/mol. The minimum absolute atomic E-state index is 0.0328. The van der Waals surface area contributed by atoms with Crippen LogP contribution in [-0.4, -0.2) is 41.9 Å². The third-order valence-corrected chi connectivity index (χ3v) is 7.29. The number of benzene rings is 3. The Bertz CT molecular complexity index is 1690. The van der Waals surface area contributed by atoms with Crippen LogP contribution in [0.15, 0.2) is 66.9 Å². The van der Waals surface area contributed by atoms with Gasteiger partial charge in [0.05, 0.1) is 6.61 Å². The largest absolute Gasteiger partial charge is 0.573 e. The molecule has 2 amide bonds. The van der Waals surface area contributed by atoms with Crippen molar-refractivity contribution < 1.29 is 32.2 Å². The lowest BCUT2D eigenvalue weighted by Gasteiger charge is -2.28. The molecule has 9 nitrogen and oxygen atoms in total. The lowest BCUT2D eigenvalue weighted by Crippen LogP contribution is -2.35. The molecular formula is C31H30F3N5O4. The molecule has 43 heavy (non-hydrogen) atoms. The zero-order valence-electron chi connectivity index (χ0n) is 23.7. The molecule has 2 aliphatic rings. The Morgan fingerprint density at radius 2 is 1.88 bits per heavy atom. The highest BCUT2D eigenvalue weighted by Crippen LogP contribution is 2.33. The van der Waals surface area contributed by atoms with E-state index in [2.05, 4.69) is 20.4 Å². The predicted octanol–water partition coefficient (Wildman–Crippen LogP) is 6.50. The number of likely N-dealkylation sites (N-methyl/N-ethyl adjacent to an activating group) is 1. The van der Waals surface area contributed by atoms with Gasteiger partial charge in [-0.3, -0.25) is 10.1 Å².